The van der Waals surface area contributed by atoms with Crippen molar-refractivity contribution in [1.29, 1.82) is 0 Å². The fourth-order valence-electron chi connectivity index (χ4n) is 1.88. The smallest absolute Gasteiger partial charge is 0.0541 e. The molecule has 0 radical (unpaired) electrons. The topological polar surface area (TPSA) is 23.5 Å². The van der Waals surface area contributed by atoms with Gasteiger partial charge in [0.2, 0.25) is 0 Å². The van der Waals surface area contributed by atoms with Crippen molar-refractivity contribution in [3.63, 3.8) is 0 Å². The maximum Gasteiger partial charge on any atom is 0.0541 e. The van der Waals surface area contributed by atoms with Crippen molar-refractivity contribution in [2.45, 2.75) is 32.3 Å². The zero-order valence-electron chi connectivity index (χ0n) is 8.37. The molecule has 0 aromatic carbocycles. The Morgan fingerprint density at radius 2 is 2.15 bits per heavy atom. The lowest BCUT2D eigenvalue weighted by Crippen LogP contribution is -2.37. The molecule has 0 saturated carbocycles. The number of hydrogen-bond acceptors (Lipinski definition) is 2. The number of piperidine rings is 1. The van der Waals surface area contributed by atoms with Gasteiger partial charge in [0.25, 0.3) is 0 Å². The average molecular weight is 181 g/mol. The van der Waals surface area contributed by atoms with E-state index < -0.39 is 0 Å². The van der Waals surface area contributed by atoms with Crippen molar-refractivity contribution in [2.24, 2.45) is 5.92 Å². The SMILES string of the molecule is C#CCCN1CCC(C(C)O)CC1. The Bertz CT molecular complexity index is 175. The molecule has 74 valence electrons. The van der Waals surface area contributed by atoms with Crippen LogP contribution in [0.4, 0.5) is 0 Å². The van der Waals surface area contributed by atoms with Gasteiger partial charge < -0.3 is 10.0 Å². The van der Waals surface area contributed by atoms with Gasteiger partial charge in [-0.15, -0.1) is 12.3 Å². The second kappa shape index (κ2) is 5.26. The largest absolute Gasteiger partial charge is 0.393 e. The summed E-state index contributed by atoms with van der Waals surface area (Å²) >= 11 is 0. The van der Waals surface area contributed by atoms with Crippen LogP contribution in [0, 0.1) is 18.3 Å². The van der Waals surface area contributed by atoms with Gasteiger partial charge in [-0.1, -0.05) is 0 Å². The fourth-order valence-corrected chi connectivity index (χ4v) is 1.88. The van der Waals surface area contributed by atoms with Crippen LogP contribution >= 0.6 is 0 Å². The third-order valence-corrected chi connectivity index (χ3v) is 2.89. The van der Waals surface area contributed by atoms with E-state index in [1.54, 1.807) is 0 Å². The van der Waals surface area contributed by atoms with Crippen LogP contribution in [0.5, 0.6) is 0 Å². The second-order valence-corrected chi connectivity index (χ2v) is 3.87. The molecular weight excluding hydrogens is 162 g/mol. The average Bonchev–Trinajstić information content (AvgIpc) is 2.15. The molecule has 0 aromatic heterocycles. The summed E-state index contributed by atoms with van der Waals surface area (Å²) < 4.78 is 0. The number of likely N-dealkylation sites (tertiary alicyclic amines) is 1. The summed E-state index contributed by atoms with van der Waals surface area (Å²) in [6.07, 6.45) is 8.13. The highest BCUT2D eigenvalue weighted by Gasteiger charge is 2.21. The van der Waals surface area contributed by atoms with E-state index in [2.05, 4.69) is 10.8 Å². The van der Waals surface area contributed by atoms with Gasteiger partial charge in [-0.25, -0.2) is 0 Å². The molecule has 2 heteroatoms. The summed E-state index contributed by atoms with van der Waals surface area (Å²) in [5.41, 5.74) is 0. The minimum absolute atomic E-state index is 0.144. The molecular formula is C11H19NO. The highest BCUT2D eigenvalue weighted by molar-refractivity contribution is 4.86. The van der Waals surface area contributed by atoms with Crippen molar-refractivity contribution < 1.29 is 5.11 Å². The molecule has 1 rings (SSSR count). The van der Waals surface area contributed by atoms with Crippen LogP contribution in [0.15, 0.2) is 0 Å². The van der Waals surface area contributed by atoms with Crippen LogP contribution < -0.4 is 0 Å². The maximum absolute atomic E-state index is 9.39. The standard InChI is InChI=1S/C11H19NO/c1-3-4-7-12-8-5-11(6-9-12)10(2)13/h1,10-11,13H,4-9H2,2H3. The third-order valence-electron chi connectivity index (χ3n) is 2.89. The first kappa shape index (κ1) is 10.6. The number of aliphatic hydroxyl groups excluding tert-OH is 1. The minimum Gasteiger partial charge on any atom is -0.393 e. The van der Waals surface area contributed by atoms with E-state index >= 15 is 0 Å². The normalized spacial score (nSPS) is 22.5. The van der Waals surface area contributed by atoms with Crippen LogP contribution in [0.3, 0.4) is 0 Å². The van der Waals surface area contributed by atoms with Gasteiger partial charge in [0, 0.05) is 13.0 Å². The lowest BCUT2D eigenvalue weighted by Gasteiger charge is -2.32. The molecule has 0 spiro atoms. The van der Waals surface area contributed by atoms with Crippen molar-refractivity contribution in [1.82, 2.24) is 4.90 Å². The van der Waals surface area contributed by atoms with Gasteiger partial charge in [-0.05, 0) is 38.8 Å². The first-order chi connectivity index (χ1) is 6.24. The highest BCUT2D eigenvalue weighted by atomic mass is 16.3. The number of terminal acetylenes is 1. The molecule has 0 amide bonds. The van der Waals surface area contributed by atoms with Gasteiger partial charge in [-0.3, -0.25) is 0 Å². The number of hydrogen-bond donors (Lipinski definition) is 1. The van der Waals surface area contributed by atoms with Gasteiger partial charge >= 0.3 is 0 Å². The molecule has 1 saturated heterocycles. The van der Waals surface area contributed by atoms with Crippen LogP contribution in [0.25, 0.3) is 0 Å². The van der Waals surface area contributed by atoms with Gasteiger partial charge in [0.1, 0.15) is 0 Å². The monoisotopic (exact) mass is 181 g/mol. The van der Waals surface area contributed by atoms with E-state index in [4.69, 9.17) is 6.42 Å². The molecule has 13 heavy (non-hydrogen) atoms. The number of rotatable bonds is 3. The molecule has 1 aliphatic rings. The number of aliphatic hydroxyl groups is 1. The Balaban J connectivity index is 2.19. The van der Waals surface area contributed by atoms with Gasteiger partial charge in [0.15, 0.2) is 0 Å². The molecule has 1 unspecified atom stereocenters. The van der Waals surface area contributed by atoms with E-state index in [1.165, 1.54) is 0 Å². The van der Waals surface area contributed by atoms with E-state index in [9.17, 15) is 5.11 Å². The molecule has 0 aromatic rings. The summed E-state index contributed by atoms with van der Waals surface area (Å²) in [7, 11) is 0. The predicted octanol–water partition coefficient (Wildman–Crippen LogP) is 1.10. The zero-order valence-corrected chi connectivity index (χ0v) is 8.37. The number of nitrogens with zero attached hydrogens (tertiary/aromatic N) is 1. The lowest BCUT2D eigenvalue weighted by atomic mass is 9.92. The molecule has 1 heterocycles. The molecule has 1 atom stereocenters. The van der Waals surface area contributed by atoms with Crippen LogP contribution in [-0.4, -0.2) is 35.7 Å². The lowest BCUT2D eigenvalue weighted by molar-refractivity contribution is 0.0727. The summed E-state index contributed by atoms with van der Waals surface area (Å²) in [5.74, 6) is 3.16. The Morgan fingerprint density at radius 3 is 2.62 bits per heavy atom. The van der Waals surface area contributed by atoms with Crippen molar-refractivity contribution in [2.75, 3.05) is 19.6 Å². The summed E-state index contributed by atoms with van der Waals surface area (Å²) in [6.45, 7) is 5.10. The summed E-state index contributed by atoms with van der Waals surface area (Å²) in [5, 5.41) is 9.39. The van der Waals surface area contributed by atoms with Gasteiger partial charge in [-0.2, -0.15) is 0 Å². The Kier molecular flexibility index (Phi) is 4.27. The maximum atomic E-state index is 9.39. The molecule has 1 aliphatic heterocycles. The molecule has 0 aliphatic carbocycles. The minimum atomic E-state index is -0.144. The van der Waals surface area contributed by atoms with Crippen molar-refractivity contribution >= 4 is 0 Å². The molecule has 0 bridgehead atoms. The zero-order chi connectivity index (χ0) is 9.68. The Labute approximate surface area is 80.9 Å². The van der Waals surface area contributed by atoms with Crippen molar-refractivity contribution in [3.05, 3.63) is 0 Å². The predicted molar refractivity (Wildman–Crippen MR) is 54.3 cm³/mol. The molecule has 2 nitrogen and oxygen atoms in total. The van der Waals surface area contributed by atoms with Crippen molar-refractivity contribution in [3.8, 4) is 12.3 Å². The van der Waals surface area contributed by atoms with Gasteiger partial charge in [0.05, 0.1) is 6.10 Å². The first-order valence-corrected chi connectivity index (χ1v) is 5.08. The summed E-state index contributed by atoms with van der Waals surface area (Å²) in [4.78, 5) is 2.39. The van der Waals surface area contributed by atoms with E-state index in [-0.39, 0.29) is 6.10 Å². The van der Waals surface area contributed by atoms with E-state index in [0.29, 0.717) is 5.92 Å². The van der Waals surface area contributed by atoms with Crippen LogP contribution in [-0.2, 0) is 0 Å². The van der Waals surface area contributed by atoms with E-state index in [0.717, 1.165) is 38.9 Å². The third kappa shape index (κ3) is 3.38. The Hall–Kier alpha value is -0.520. The quantitative estimate of drug-likeness (QED) is 0.659. The second-order valence-electron chi connectivity index (χ2n) is 3.87. The van der Waals surface area contributed by atoms with Crippen LogP contribution in [0.1, 0.15) is 26.2 Å². The fraction of sp³-hybridized carbons (Fsp3) is 0.818. The molecule has 1 N–H and O–H groups in total. The first-order valence-electron chi connectivity index (χ1n) is 5.08. The van der Waals surface area contributed by atoms with E-state index in [1.807, 2.05) is 6.92 Å². The Morgan fingerprint density at radius 1 is 1.54 bits per heavy atom. The van der Waals surface area contributed by atoms with Crippen LogP contribution in [0.2, 0.25) is 0 Å². The summed E-state index contributed by atoms with van der Waals surface area (Å²) in [6, 6.07) is 0. The molecule has 1 fully saturated rings. The highest BCUT2D eigenvalue weighted by Crippen LogP contribution is 2.20.